The van der Waals surface area contributed by atoms with Gasteiger partial charge in [-0.1, -0.05) is 36.3 Å². The van der Waals surface area contributed by atoms with E-state index in [1.165, 1.54) is 9.80 Å². The molecule has 3 rings (SSSR count). The van der Waals surface area contributed by atoms with Gasteiger partial charge in [-0.2, -0.15) is 0 Å². The molecule has 0 unspecified atom stereocenters. The van der Waals surface area contributed by atoms with Crippen LogP contribution in [0.15, 0.2) is 28.9 Å². The zero-order valence-electron chi connectivity index (χ0n) is 19.3. The number of aromatic nitrogens is 2. The molecule has 1 aromatic heterocycles. The highest BCUT2D eigenvalue weighted by Crippen LogP contribution is 2.41. The lowest BCUT2D eigenvalue weighted by Crippen LogP contribution is -2.43. The Hall–Kier alpha value is -3.23. The molecule has 1 atom stereocenters. The molecule has 32 heavy (non-hydrogen) atoms. The predicted molar refractivity (Wildman–Crippen MR) is 116 cm³/mol. The van der Waals surface area contributed by atoms with Crippen molar-refractivity contribution in [3.05, 3.63) is 41.2 Å². The second kappa shape index (κ2) is 9.50. The number of amides is 3. The number of carbonyl (C=O) groups excluding carboxylic acids is 3. The molecule has 172 valence electrons. The lowest BCUT2D eigenvalue weighted by Gasteiger charge is -2.29. The number of hydrogen-bond donors (Lipinski definition) is 0. The number of ether oxygens (including phenoxy) is 1. The molecule has 9 nitrogen and oxygen atoms in total. The molecule has 0 spiro atoms. The lowest BCUT2D eigenvalue weighted by atomic mass is 9.75. The maximum absolute atomic E-state index is 13.6. The molecule has 2 aromatic rings. The molecule has 0 N–H and O–H groups in total. The fraction of sp³-hybridized carbons (Fsp3) is 0.522. The Labute approximate surface area is 187 Å². The normalized spacial score (nSPS) is 18.5. The summed E-state index contributed by atoms with van der Waals surface area (Å²) in [6.07, 6.45) is 0.547. The molecule has 2 heterocycles. The van der Waals surface area contributed by atoms with Crippen molar-refractivity contribution < 1.29 is 23.7 Å². The molecule has 1 aliphatic rings. The number of methoxy groups -OCH3 is 1. The number of carbonyl (C=O) groups is 3. The van der Waals surface area contributed by atoms with Crippen molar-refractivity contribution in [2.24, 2.45) is 5.92 Å². The van der Waals surface area contributed by atoms with Crippen LogP contribution in [0.5, 0.6) is 5.75 Å². The van der Waals surface area contributed by atoms with Crippen LogP contribution in [0.25, 0.3) is 0 Å². The summed E-state index contributed by atoms with van der Waals surface area (Å²) in [6, 6.07) is 7.00. The monoisotopic (exact) mass is 442 g/mol. The van der Waals surface area contributed by atoms with Crippen LogP contribution in [0.3, 0.4) is 0 Å². The predicted octanol–water partition coefficient (Wildman–Crippen LogP) is 2.48. The molecule has 1 aromatic carbocycles. The molecule has 1 saturated heterocycles. The Morgan fingerprint density at radius 1 is 1.25 bits per heavy atom. The van der Waals surface area contributed by atoms with Gasteiger partial charge in [-0.15, -0.1) is 0 Å². The van der Waals surface area contributed by atoms with Crippen molar-refractivity contribution in [2.75, 3.05) is 20.7 Å². The lowest BCUT2D eigenvalue weighted by molar-refractivity contribution is -0.142. The van der Waals surface area contributed by atoms with Gasteiger partial charge < -0.3 is 9.64 Å². The molecule has 1 aliphatic heterocycles. The molecule has 3 amide bonds. The van der Waals surface area contributed by atoms with Crippen LogP contribution in [0.1, 0.15) is 50.1 Å². The summed E-state index contributed by atoms with van der Waals surface area (Å²) in [4.78, 5) is 42.5. The van der Waals surface area contributed by atoms with E-state index in [9.17, 15) is 14.4 Å². The van der Waals surface area contributed by atoms with Gasteiger partial charge in [0.25, 0.3) is 0 Å². The average molecular weight is 443 g/mol. The van der Waals surface area contributed by atoms with Crippen LogP contribution in [0.4, 0.5) is 0 Å². The minimum atomic E-state index is -1.25. The van der Waals surface area contributed by atoms with Crippen molar-refractivity contribution in [1.29, 1.82) is 0 Å². The third kappa shape index (κ3) is 4.66. The summed E-state index contributed by atoms with van der Waals surface area (Å²) in [6.45, 7) is 6.38. The molecule has 0 saturated carbocycles. The number of imide groups is 1. The number of nitrogens with zero attached hydrogens (tertiary/aromatic N) is 4. The van der Waals surface area contributed by atoms with E-state index < -0.39 is 5.41 Å². The van der Waals surface area contributed by atoms with Crippen LogP contribution < -0.4 is 4.74 Å². The molecule has 9 heteroatoms. The van der Waals surface area contributed by atoms with Gasteiger partial charge in [-0.25, -0.2) is 4.63 Å². The van der Waals surface area contributed by atoms with Crippen LogP contribution in [0, 0.1) is 12.8 Å². The second-order valence-corrected chi connectivity index (χ2v) is 8.74. The molecule has 1 fully saturated rings. The van der Waals surface area contributed by atoms with E-state index in [1.54, 1.807) is 45.3 Å². The van der Waals surface area contributed by atoms with Crippen molar-refractivity contribution in [3.8, 4) is 5.75 Å². The van der Waals surface area contributed by atoms with Gasteiger partial charge >= 0.3 is 0 Å². The Morgan fingerprint density at radius 3 is 2.50 bits per heavy atom. The van der Waals surface area contributed by atoms with Gasteiger partial charge in [-0.05, 0) is 37.0 Å². The summed E-state index contributed by atoms with van der Waals surface area (Å²) >= 11 is 0. The van der Waals surface area contributed by atoms with E-state index in [0.717, 1.165) is 0 Å². The highest BCUT2D eigenvalue weighted by Gasteiger charge is 2.53. The van der Waals surface area contributed by atoms with E-state index in [-0.39, 0.29) is 37.1 Å². The summed E-state index contributed by atoms with van der Waals surface area (Å²) in [5.74, 6) is 0.136. The van der Waals surface area contributed by atoms with Crippen molar-refractivity contribution in [2.45, 2.75) is 52.0 Å². The first-order valence-electron chi connectivity index (χ1n) is 10.7. The summed E-state index contributed by atoms with van der Waals surface area (Å²) in [5.41, 5.74) is 0.529. The minimum Gasteiger partial charge on any atom is -0.497 e. The fourth-order valence-electron chi connectivity index (χ4n) is 3.89. The zero-order chi connectivity index (χ0) is 23.5. The first kappa shape index (κ1) is 23.4. The highest BCUT2D eigenvalue weighted by molar-refractivity contribution is 6.10. The van der Waals surface area contributed by atoms with Crippen molar-refractivity contribution in [1.82, 2.24) is 20.1 Å². The minimum absolute atomic E-state index is 0.0413. The maximum atomic E-state index is 13.6. The molecule has 0 bridgehead atoms. The van der Waals surface area contributed by atoms with E-state index >= 15 is 0 Å². The van der Waals surface area contributed by atoms with Gasteiger partial charge in [0, 0.05) is 26.4 Å². The third-order valence-electron chi connectivity index (χ3n) is 5.99. The molecule has 0 radical (unpaired) electrons. The molecular weight excluding hydrogens is 412 g/mol. The van der Waals surface area contributed by atoms with Gasteiger partial charge in [-0.3, -0.25) is 19.3 Å². The van der Waals surface area contributed by atoms with Crippen LogP contribution in [0.2, 0.25) is 0 Å². The average Bonchev–Trinajstić information content (AvgIpc) is 3.27. The quantitative estimate of drug-likeness (QED) is 0.549. The number of hydrogen-bond acceptors (Lipinski definition) is 7. The second-order valence-electron chi connectivity index (χ2n) is 8.74. The number of aryl methyl sites for hydroxylation is 1. The summed E-state index contributed by atoms with van der Waals surface area (Å²) in [5, 5.41) is 7.56. The first-order chi connectivity index (χ1) is 15.2. The summed E-state index contributed by atoms with van der Waals surface area (Å²) < 4.78 is 9.94. The number of benzene rings is 1. The van der Waals surface area contributed by atoms with Crippen molar-refractivity contribution in [3.63, 3.8) is 0 Å². The maximum Gasteiger partial charge on any atom is 0.240 e. The Bertz CT molecular complexity index is 985. The van der Waals surface area contributed by atoms with Crippen LogP contribution in [-0.4, -0.2) is 58.5 Å². The van der Waals surface area contributed by atoms with Crippen LogP contribution in [-0.2, 0) is 26.3 Å². The molecule has 0 aliphatic carbocycles. The summed E-state index contributed by atoms with van der Waals surface area (Å²) in [7, 11) is 3.19. The topological polar surface area (TPSA) is 106 Å². The van der Waals surface area contributed by atoms with Crippen LogP contribution >= 0.6 is 0 Å². The van der Waals surface area contributed by atoms with E-state index in [1.807, 2.05) is 13.8 Å². The van der Waals surface area contributed by atoms with Gasteiger partial charge in [0.05, 0.1) is 19.1 Å². The van der Waals surface area contributed by atoms with E-state index in [2.05, 4.69) is 10.3 Å². The third-order valence-corrected chi connectivity index (χ3v) is 5.99. The Kier molecular flexibility index (Phi) is 6.96. The standard InChI is InChI=1S/C23H30N4O5/c1-15(2)10-11-27-21(29)13-23(22(27)30,17-6-8-18(31-5)9-7-17)12-20(28)26(4)14-19-16(3)24-32-25-19/h6-9,15H,10-14H2,1-5H3/t23-/m0/s1. The zero-order valence-corrected chi connectivity index (χ0v) is 19.3. The van der Waals surface area contributed by atoms with Gasteiger partial charge in [0.2, 0.25) is 17.7 Å². The van der Waals surface area contributed by atoms with Gasteiger partial charge in [0.15, 0.2) is 0 Å². The van der Waals surface area contributed by atoms with Gasteiger partial charge in [0.1, 0.15) is 17.1 Å². The van der Waals surface area contributed by atoms with E-state index in [4.69, 9.17) is 9.37 Å². The number of rotatable bonds is 9. The molecular formula is C23H30N4O5. The SMILES string of the molecule is COc1ccc([C@]2(CC(=O)N(C)Cc3nonc3C)CC(=O)N(CCC(C)C)C2=O)cc1. The largest absolute Gasteiger partial charge is 0.497 e. The number of likely N-dealkylation sites (tertiary alicyclic amines) is 1. The van der Waals surface area contributed by atoms with E-state index in [0.29, 0.717) is 41.6 Å². The Balaban J connectivity index is 1.90. The fourth-order valence-corrected chi connectivity index (χ4v) is 3.89. The smallest absolute Gasteiger partial charge is 0.240 e. The highest BCUT2D eigenvalue weighted by atomic mass is 16.6. The Morgan fingerprint density at radius 2 is 1.94 bits per heavy atom. The first-order valence-corrected chi connectivity index (χ1v) is 10.7. The van der Waals surface area contributed by atoms with Crippen molar-refractivity contribution >= 4 is 17.7 Å².